The van der Waals surface area contributed by atoms with Gasteiger partial charge in [-0.1, -0.05) is 55.4 Å². The fourth-order valence-electron chi connectivity index (χ4n) is 4.77. The summed E-state index contributed by atoms with van der Waals surface area (Å²) in [7, 11) is 1.23. The predicted octanol–water partition coefficient (Wildman–Crippen LogP) is 4.87. The largest absolute Gasteiger partial charge is 0.391 e. The van der Waals surface area contributed by atoms with E-state index in [4.69, 9.17) is 0 Å². The summed E-state index contributed by atoms with van der Waals surface area (Å²) in [4.78, 5) is 28.1. The molecule has 6 heteroatoms. The van der Waals surface area contributed by atoms with E-state index in [9.17, 15) is 14.7 Å². The molecule has 2 amide bonds. The second-order valence-electron chi connectivity index (χ2n) is 9.77. The lowest BCUT2D eigenvalue weighted by Crippen LogP contribution is -2.47. The Morgan fingerprint density at radius 3 is 2.49 bits per heavy atom. The van der Waals surface area contributed by atoms with Crippen LogP contribution in [-0.4, -0.2) is 66.7 Å². The lowest BCUT2D eigenvalue weighted by atomic mass is 9.95. The van der Waals surface area contributed by atoms with Gasteiger partial charge >= 0.3 is 0 Å². The van der Waals surface area contributed by atoms with E-state index < -0.39 is 13.6 Å². The number of nitrogens with zero attached hydrogens (tertiary/aromatic N) is 1. The Morgan fingerprint density at radius 1 is 1.11 bits per heavy atom. The van der Waals surface area contributed by atoms with Crippen LogP contribution in [0.4, 0.5) is 0 Å². The Balaban J connectivity index is 1.74. The first-order valence-corrected chi connectivity index (χ1v) is 14.5. The lowest BCUT2D eigenvalue weighted by Gasteiger charge is -2.26. The zero-order valence-electron chi connectivity index (χ0n) is 21.1. The van der Waals surface area contributed by atoms with E-state index in [1.54, 1.807) is 24.1 Å². The predicted molar refractivity (Wildman–Crippen MR) is 148 cm³/mol. The normalized spacial score (nSPS) is 17.8. The highest BCUT2D eigenvalue weighted by atomic mass is 31.1. The number of carbonyl (C=O) groups is 2. The van der Waals surface area contributed by atoms with Gasteiger partial charge in [0.15, 0.2) is 0 Å². The van der Waals surface area contributed by atoms with Gasteiger partial charge in [0.2, 0.25) is 0 Å². The van der Waals surface area contributed by atoms with Crippen molar-refractivity contribution in [1.82, 2.24) is 10.2 Å². The molecular weight excluding hydrogens is 455 g/mol. The summed E-state index contributed by atoms with van der Waals surface area (Å²) in [6, 6.07) is 4.93. The van der Waals surface area contributed by atoms with Crippen molar-refractivity contribution in [2.75, 3.05) is 26.4 Å². The van der Waals surface area contributed by atoms with Gasteiger partial charge in [0.05, 0.1) is 32.7 Å². The maximum Gasteiger partial charge on any atom is 0.253 e. The van der Waals surface area contributed by atoms with Crippen molar-refractivity contribution in [2.45, 2.75) is 44.8 Å². The van der Waals surface area contributed by atoms with Crippen LogP contribution in [-0.2, 0) is 0 Å². The van der Waals surface area contributed by atoms with Crippen LogP contribution in [0.2, 0.25) is 0 Å². The van der Waals surface area contributed by atoms with Crippen LogP contribution in [0.3, 0.4) is 0 Å². The van der Waals surface area contributed by atoms with Crippen molar-refractivity contribution in [2.24, 2.45) is 5.92 Å². The molecule has 3 unspecified atom stereocenters. The van der Waals surface area contributed by atoms with E-state index in [1.807, 2.05) is 55.5 Å². The Hall–Kier alpha value is -2.75. The van der Waals surface area contributed by atoms with Gasteiger partial charge in [-0.2, -0.15) is 0 Å². The summed E-state index contributed by atoms with van der Waals surface area (Å²) in [6.45, 7) is 4.40. The number of nitrogens with one attached hydrogen (secondary N) is 1. The molecule has 1 aromatic rings. The topological polar surface area (TPSA) is 69.6 Å². The SMILES string of the molecule is C=[P+](C)CC(NC(=O)c1cc(C)cc(C(=O)N(C)CC2=CC=CC=CC=C2)c1)C(O)C1CCCC1. The van der Waals surface area contributed by atoms with E-state index in [0.29, 0.717) is 23.8 Å². The van der Waals surface area contributed by atoms with Gasteiger partial charge in [0, 0.05) is 24.7 Å². The molecule has 0 bridgehead atoms. The molecule has 2 aliphatic carbocycles. The van der Waals surface area contributed by atoms with E-state index in [2.05, 4.69) is 18.3 Å². The van der Waals surface area contributed by atoms with Crippen LogP contribution >= 0.6 is 7.55 Å². The van der Waals surface area contributed by atoms with Crippen LogP contribution in [0.15, 0.2) is 66.3 Å². The molecule has 0 saturated heterocycles. The number of likely N-dealkylation sites (N-methyl/N-ethyl adjacent to an activating group) is 1. The Labute approximate surface area is 210 Å². The molecule has 0 heterocycles. The molecule has 0 aliphatic heterocycles. The Bertz CT molecular complexity index is 1060. The zero-order valence-corrected chi connectivity index (χ0v) is 22.0. The van der Waals surface area contributed by atoms with Crippen molar-refractivity contribution in [3.05, 3.63) is 83.0 Å². The summed E-state index contributed by atoms with van der Waals surface area (Å²) < 4.78 is 0. The van der Waals surface area contributed by atoms with Crippen LogP contribution in [0.1, 0.15) is 52.0 Å². The van der Waals surface area contributed by atoms with Gasteiger partial charge in [-0.25, -0.2) is 0 Å². The number of rotatable bonds is 9. The zero-order chi connectivity index (χ0) is 25.4. The van der Waals surface area contributed by atoms with E-state index in [-0.39, 0.29) is 23.8 Å². The van der Waals surface area contributed by atoms with E-state index >= 15 is 0 Å². The van der Waals surface area contributed by atoms with Gasteiger partial charge < -0.3 is 15.3 Å². The number of carbonyl (C=O) groups excluding carboxylic acids is 2. The fourth-order valence-corrected chi connectivity index (χ4v) is 5.75. The summed E-state index contributed by atoms with van der Waals surface area (Å²) in [5, 5.41) is 14.1. The number of amides is 2. The minimum Gasteiger partial charge on any atom is -0.391 e. The minimum atomic E-state index is -0.570. The second kappa shape index (κ2) is 12.8. The molecule has 1 saturated carbocycles. The number of hydrogen-bond acceptors (Lipinski definition) is 3. The molecule has 1 fully saturated rings. The van der Waals surface area contributed by atoms with Gasteiger partial charge in [-0.15, -0.1) is 0 Å². The first-order valence-electron chi connectivity index (χ1n) is 12.3. The minimum absolute atomic E-state index is 0.143. The average Bonchev–Trinajstić information content (AvgIpc) is 3.33. The molecule has 0 aromatic heterocycles. The van der Waals surface area contributed by atoms with Crippen molar-refractivity contribution < 1.29 is 14.7 Å². The molecule has 2 aliphatic rings. The maximum absolute atomic E-state index is 13.2. The molecule has 186 valence electrons. The number of hydrogen-bond donors (Lipinski definition) is 2. The first kappa shape index (κ1) is 26.8. The third-order valence-electron chi connectivity index (χ3n) is 6.54. The van der Waals surface area contributed by atoms with Crippen LogP contribution in [0, 0.1) is 12.8 Å². The summed E-state index contributed by atoms with van der Waals surface area (Å²) in [5.41, 5.74) is 2.77. The number of benzene rings is 1. The molecule has 35 heavy (non-hydrogen) atoms. The highest BCUT2D eigenvalue weighted by Crippen LogP contribution is 2.31. The van der Waals surface area contributed by atoms with Gasteiger partial charge in [-0.3, -0.25) is 9.59 Å². The van der Waals surface area contributed by atoms with Crippen molar-refractivity contribution >= 4 is 25.7 Å². The third-order valence-corrected chi connectivity index (χ3v) is 7.55. The highest BCUT2D eigenvalue weighted by molar-refractivity contribution is 7.55. The number of aliphatic hydroxyl groups is 1. The van der Waals surface area contributed by atoms with E-state index in [1.165, 1.54) is 0 Å². The first-order chi connectivity index (χ1) is 16.7. The second-order valence-corrected chi connectivity index (χ2v) is 11.9. The van der Waals surface area contributed by atoms with Gasteiger partial charge in [0.1, 0.15) is 6.16 Å². The maximum atomic E-state index is 13.2. The van der Waals surface area contributed by atoms with Crippen molar-refractivity contribution in [3.63, 3.8) is 0 Å². The van der Waals surface area contributed by atoms with Crippen LogP contribution in [0.5, 0.6) is 0 Å². The summed E-state index contributed by atoms with van der Waals surface area (Å²) >= 11 is 0. The molecule has 3 atom stereocenters. The number of allylic oxidation sites excluding steroid dienone is 6. The van der Waals surface area contributed by atoms with Crippen molar-refractivity contribution in [3.8, 4) is 0 Å². The van der Waals surface area contributed by atoms with Crippen LogP contribution < -0.4 is 5.32 Å². The monoisotopic (exact) mass is 493 g/mol. The third kappa shape index (κ3) is 7.88. The summed E-state index contributed by atoms with van der Waals surface area (Å²) in [6.07, 6.45) is 22.2. The molecular formula is C29H38N2O3P+. The number of aliphatic hydroxyl groups excluding tert-OH is 1. The quantitative estimate of drug-likeness (QED) is 0.483. The molecule has 5 nitrogen and oxygen atoms in total. The standard InChI is InChI=1S/C29H37N2O3P/c1-21-16-24(28(33)30-26(20-35(3)4)27(32)23-14-10-11-15-23)18-25(17-21)29(34)31(2)19-22-12-8-6-5-7-9-13-22/h5-9,12-13,16-18,23,26-27,32H,3,10-11,14-15,19-20H2,1-2,4H3/p+1. The fraction of sp³-hybridized carbons (Fsp3) is 0.414. The Kier molecular flexibility index (Phi) is 9.83. The van der Waals surface area contributed by atoms with Crippen LogP contribution in [0.25, 0.3) is 0 Å². The highest BCUT2D eigenvalue weighted by Gasteiger charge is 2.33. The molecule has 0 spiro atoms. The molecule has 2 N–H and O–H groups in total. The van der Waals surface area contributed by atoms with E-state index in [0.717, 1.165) is 36.8 Å². The summed E-state index contributed by atoms with van der Waals surface area (Å²) in [5.74, 6) is -0.177. The molecule has 3 rings (SSSR count). The van der Waals surface area contributed by atoms with Crippen molar-refractivity contribution in [1.29, 1.82) is 0 Å². The molecule has 0 radical (unpaired) electrons. The lowest BCUT2D eigenvalue weighted by molar-refractivity contribution is 0.0669. The number of aryl methyl sites for hydroxylation is 1. The average molecular weight is 494 g/mol. The van der Waals surface area contributed by atoms with Gasteiger partial charge in [0.25, 0.3) is 11.8 Å². The Morgan fingerprint density at radius 2 is 1.77 bits per heavy atom. The van der Waals surface area contributed by atoms with Gasteiger partial charge in [-0.05, 0) is 55.0 Å². The smallest absolute Gasteiger partial charge is 0.253 e. The molecule has 1 aromatic carbocycles.